The first-order valence-corrected chi connectivity index (χ1v) is 9.20. The molecule has 6 heteroatoms. The minimum atomic E-state index is 0.00121. The van der Waals surface area contributed by atoms with Crippen LogP contribution in [-0.2, 0) is 0 Å². The van der Waals surface area contributed by atoms with Crippen molar-refractivity contribution in [2.24, 2.45) is 5.73 Å². The Bertz CT molecular complexity index is 698. The molecule has 1 saturated heterocycles. The molecule has 1 amide bonds. The van der Waals surface area contributed by atoms with Crippen LogP contribution in [0.4, 0.5) is 0 Å². The largest absolute Gasteiger partial charge is 0.328 e. The number of amides is 1. The Balaban J connectivity index is 1.99. The van der Waals surface area contributed by atoms with Gasteiger partial charge in [-0.15, -0.1) is 23.1 Å². The van der Waals surface area contributed by atoms with Crippen molar-refractivity contribution in [3.63, 3.8) is 0 Å². The summed E-state index contributed by atoms with van der Waals surface area (Å²) in [6.45, 7) is 4.50. The fourth-order valence-corrected chi connectivity index (χ4v) is 4.72. The van der Waals surface area contributed by atoms with Crippen LogP contribution < -0.4 is 5.73 Å². The minimum Gasteiger partial charge on any atom is -0.328 e. The number of thiazole rings is 1. The lowest BCUT2D eigenvalue weighted by molar-refractivity contribution is 0.0748. The van der Waals surface area contributed by atoms with Gasteiger partial charge in [0.2, 0.25) is 0 Å². The zero-order valence-corrected chi connectivity index (χ0v) is 14.3. The number of nitrogens with zero attached hydrogens (tertiary/aromatic N) is 2. The van der Waals surface area contributed by atoms with Crippen LogP contribution in [0.15, 0.2) is 24.3 Å². The predicted molar refractivity (Wildman–Crippen MR) is 93.4 cm³/mol. The molecular formula is C16H19N3OS2. The molecule has 2 heterocycles. The number of rotatable bonds is 3. The lowest BCUT2D eigenvalue weighted by Gasteiger charge is -2.22. The van der Waals surface area contributed by atoms with Crippen LogP contribution in [0.3, 0.4) is 0 Å². The molecule has 0 radical (unpaired) electrons. The molecule has 2 aromatic rings. The Morgan fingerprint density at radius 1 is 1.45 bits per heavy atom. The van der Waals surface area contributed by atoms with Crippen molar-refractivity contribution in [2.45, 2.75) is 19.9 Å². The van der Waals surface area contributed by atoms with Gasteiger partial charge in [-0.2, -0.15) is 0 Å². The summed E-state index contributed by atoms with van der Waals surface area (Å²) in [6, 6.07) is 8.33. The van der Waals surface area contributed by atoms with Gasteiger partial charge in [-0.3, -0.25) is 4.79 Å². The van der Waals surface area contributed by atoms with E-state index in [9.17, 15) is 4.79 Å². The first-order chi connectivity index (χ1) is 10.6. The average molecular weight is 333 g/mol. The third-order valence-electron chi connectivity index (χ3n) is 3.73. The summed E-state index contributed by atoms with van der Waals surface area (Å²) in [4.78, 5) is 20.2. The van der Waals surface area contributed by atoms with Gasteiger partial charge in [0.25, 0.3) is 5.91 Å². The molecule has 116 valence electrons. The number of thioether (sulfide) groups is 1. The zero-order chi connectivity index (χ0) is 15.7. The van der Waals surface area contributed by atoms with Crippen LogP contribution in [0.2, 0.25) is 0 Å². The molecule has 1 unspecified atom stereocenters. The fraction of sp³-hybridized carbons (Fsp3) is 0.375. The maximum atomic E-state index is 12.9. The Kier molecular flexibility index (Phi) is 4.52. The van der Waals surface area contributed by atoms with Gasteiger partial charge < -0.3 is 10.6 Å². The van der Waals surface area contributed by atoms with Crippen molar-refractivity contribution in [2.75, 3.05) is 18.2 Å². The smallest absolute Gasteiger partial charge is 0.274 e. The van der Waals surface area contributed by atoms with Crippen molar-refractivity contribution < 1.29 is 4.79 Å². The molecule has 22 heavy (non-hydrogen) atoms. The number of aryl methyl sites for hydroxylation is 2. The van der Waals surface area contributed by atoms with Crippen LogP contribution in [0, 0.1) is 13.8 Å². The standard InChI is InChI=1S/C16H19N3OS2/c1-10-4-3-5-12(6-10)15-14(18-11(2)22-15)16(20)19-9-21-8-13(19)7-17/h3-6,13H,7-9,17H2,1-2H3. The normalized spacial score (nSPS) is 18.0. The number of hydrogen-bond donors (Lipinski definition) is 1. The molecular weight excluding hydrogens is 314 g/mol. The highest BCUT2D eigenvalue weighted by Gasteiger charge is 2.32. The summed E-state index contributed by atoms with van der Waals surface area (Å²) in [5, 5.41) is 0.913. The van der Waals surface area contributed by atoms with Gasteiger partial charge in [-0.1, -0.05) is 29.8 Å². The number of carbonyl (C=O) groups is 1. The highest BCUT2D eigenvalue weighted by molar-refractivity contribution is 7.99. The summed E-state index contributed by atoms with van der Waals surface area (Å²) in [5.41, 5.74) is 8.59. The van der Waals surface area contributed by atoms with E-state index in [0.717, 1.165) is 21.2 Å². The van der Waals surface area contributed by atoms with E-state index in [0.29, 0.717) is 18.1 Å². The Morgan fingerprint density at radius 2 is 2.27 bits per heavy atom. The van der Waals surface area contributed by atoms with Crippen molar-refractivity contribution in [1.29, 1.82) is 0 Å². The maximum Gasteiger partial charge on any atom is 0.274 e. The van der Waals surface area contributed by atoms with Crippen molar-refractivity contribution in [3.05, 3.63) is 40.5 Å². The number of hydrogen-bond acceptors (Lipinski definition) is 5. The van der Waals surface area contributed by atoms with Crippen LogP contribution in [0.5, 0.6) is 0 Å². The molecule has 0 saturated carbocycles. The zero-order valence-electron chi connectivity index (χ0n) is 12.7. The van der Waals surface area contributed by atoms with Gasteiger partial charge in [0, 0.05) is 12.3 Å². The number of carbonyl (C=O) groups excluding carboxylic acids is 1. The maximum absolute atomic E-state index is 12.9. The Hall–Kier alpha value is -1.37. The second-order valence-corrected chi connectivity index (χ2v) is 7.65. The van der Waals surface area contributed by atoms with Gasteiger partial charge >= 0.3 is 0 Å². The molecule has 0 aliphatic carbocycles. The van der Waals surface area contributed by atoms with Gasteiger partial charge in [0.05, 0.1) is 21.8 Å². The highest BCUT2D eigenvalue weighted by Crippen LogP contribution is 2.33. The van der Waals surface area contributed by atoms with E-state index < -0.39 is 0 Å². The summed E-state index contributed by atoms with van der Waals surface area (Å²) < 4.78 is 0. The minimum absolute atomic E-state index is 0.00121. The third-order valence-corrected chi connectivity index (χ3v) is 5.83. The SMILES string of the molecule is Cc1cccc(-c2sc(C)nc2C(=O)N2CSCC2CN)c1. The first kappa shape index (κ1) is 15.5. The molecule has 2 N–H and O–H groups in total. The van der Waals surface area contributed by atoms with Crippen LogP contribution in [-0.4, -0.2) is 40.0 Å². The van der Waals surface area contributed by atoms with Crippen LogP contribution >= 0.6 is 23.1 Å². The summed E-state index contributed by atoms with van der Waals surface area (Å²) >= 11 is 3.32. The summed E-state index contributed by atoms with van der Waals surface area (Å²) in [7, 11) is 0. The average Bonchev–Trinajstić information content (AvgIpc) is 3.12. The van der Waals surface area contributed by atoms with Gasteiger partial charge in [-0.25, -0.2) is 4.98 Å². The van der Waals surface area contributed by atoms with Gasteiger partial charge in [0.1, 0.15) is 5.69 Å². The quantitative estimate of drug-likeness (QED) is 0.938. The monoisotopic (exact) mass is 333 g/mol. The molecule has 4 nitrogen and oxygen atoms in total. The summed E-state index contributed by atoms with van der Waals surface area (Å²) in [6.07, 6.45) is 0. The summed E-state index contributed by atoms with van der Waals surface area (Å²) in [5.74, 6) is 1.61. The number of aromatic nitrogens is 1. The van der Waals surface area contributed by atoms with Crippen molar-refractivity contribution in [3.8, 4) is 10.4 Å². The van der Waals surface area contributed by atoms with E-state index in [2.05, 4.69) is 24.0 Å². The van der Waals surface area contributed by atoms with Crippen LogP contribution in [0.1, 0.15) is 21.1 Å². The van der Waals surface area contributed by atoms with Crippen molar-refractivity contribution >= 4 is 29.0 Å². The molecule has 3 rings (SSSR count). The topological polar surface area (TPSA) is 59.2 Å². The lowest BCUT2D eigenvalue weighted by atomic mass is 10.1. The van der Waals surface area contributed by atoms with E-state index in [1.807, 2.05) is 24.0 Å². The van der Waals surface area contributed by atoms with E-state index in [1.165, 1.54) is 5.56 Å². The van der Waals surface area contributed by atoms with E-state index in [1.54, 1.807) is 23.1 Å². The van der Waals surface area contributed by atoms with E-state index in [-0.39, 0.29) is 11.9 Å². The number of benzene rings is 1. The Morgan fingerprint density at radius 3 is 3.00 bits per heavy atom. The van der Waals surface area contributed by atoms with E-state index in [4.69, 9.17) is 5.73 Å². The Labute approximate surface area is 138 Å². The van der Waals surface area contributed by atoms with Gasteiger partial charge in [-0.05, 0) is 19.4 Å². The molecule has 1 aromatic carbocycles. The molecule has 0 bridgehead atoms. The molecule has 1 aliphatic rings. The molecule has 0 spiro atoms. The predicted octanol–water partition coefficient (Wildman–Crippen LogP) is 2.90. The molecule has 1 fully saturated rings. The second-order valence-electron chi connectivity index (χ2n) is 5.44. The fourth-order valence-electron chi connectivity index (χ4n) is 2.59. The lowest BCUT2D eigenvalue weighted by Crippen LogP contribution is -2.41. The van der Waals surface area contributed by atoms with Gasteiger partial charge in [0.15, 0.2) is 0 Å². The van der Waals surface area contributed by atoms with E-state index >= 15 is 0 Å². The highest BCUT2D eigenvalue weighted by atomic mass is 32.2. The molecule has 1 aliphatic heterocycles. The first-order valence-electron chi connectivity index (χ1n) is 7.23. The number of nitrogens with two attached hydrogens (primary N) is 1. The molecule has 1 aromatic heterocycles. The third kappa shape index (κ3) is 2.91. The van der Waals surface area contributed by atoms with Crippen molar-refractivity contribution in [1.82, 2.24) is 9.88 Å². The van der Waals surface area contributed by atoms with Crippen LogP contribution in [0.25, 0.3) is 10.4 Å². The second kappa shape index (κ2) is 6.40. The molecule has 1 atom stereocenters.